The van der Waals surface area contributed by atoms with Gasteiger partial charge in [-0.2, -0.15) is 13.2 Å². The smallest absolute Gasteiger partial charge is 0.379 e. The lowest BCUT2D eigenvalue weighted by Gasteiger charge is -2.28. The van der Waals surface area contributed by atoms with Gasteiger partial charge in [0, 0.05) is 39.1 Å². The number of rotatable bonds is 11. The maximum absolute atomic E-state index is 12.8. The molecule has 4 nitrogen and oxygen atoms in total. The number of halogens is 3. The molecule has 2 rings (SSSR count). The molecule has 29 heavy (non-hydrogen) atoms. The van der Waals surface area contributed by atoms with E-state index >= 15 is 0 Å². The summed E-state index contributed by atoms with van der Waals surface area (Å²) in [5, 5.41) is 0. The van der Waals surface area contributed by atoms with Crippen molar-refractivity contribution in [3.05, 3.63) is 35.4 Å². The molecule has 1 aliphatic rings. The summed E-state index contributed by atoms with van der Waals surface area (Å²) in [4.78, 5) is 16.9. The first-order valence-electron chi connectivity index (χ1n) is 10.6. The van der Waals surface area contributed by atoms with Crippen molar-refractivity contribution in [2.45, 2.75) is 58.2 Å². The molecule has 0 aromatic heterocycles. The Morgan fingerprint density at radius 1 is 1.07 bits per heavy atom. The van der Waals surface area contributed by atoms with Gasteiger partial charge in [-0.1, -0.05) is 38.3 Å². The Morgan fingerprint density at radius 2 is 1.76 bits per heavy atom. The molecule has 0 spiro atoms. The first kappa shape index (κ1) is 23.7. The summed E-state index contributed by atoms with van der Waals surface area (Å²) >= 11 is 0. The van der Waals surface area contributed by atoms with Crippen molar-refractivity contribution in [3.63, 3.8) is 0 Å². The van der Waals surface area contributed by atoms with Crippen LogP contribution in [0.15, 0.2) is 24.3 Å². The van der Waals surface area contributed by atoms with Crippen LogP contribution in [0.4, 0.5) is 13.2 Å². The highest BCUT2D eigenvalue weighted by atomic mass is 19.4. The number of carbonyl (C=O) groups is 1. The standard InChI is InChI=1S/C22H33F3N2O2/c1-2-3-4-5-7-21(28)27(13-6-12-26-14-16-29-17-15-26)18-19-8-10-20(11-9-19)22(23,24)25/h8-11H,2-7,12-18H2,1H3. The van der Waals surface area contributed by atoms with Gasteiger partial charge in [-0.15, -0.1) is 0 Å². The van der Waals surface area contributed by atoms with Gasteiger partial charge < -0.3 is 9.64 Å². The second-order valence-corrected chi connectivity index (χ2v) is 7.63. The number of amides is 1. The minimum Gasteiger partial charge on any atom is -0.379 e. The van der Waals surface area contributed by atoms with Crippen LogP contribution in [-0.4, -0.2) is 55.1 Å². The summed E-state index contributed by atoms with van der Waals surface area (Å²) in [6.07, 6.45) is 1.13. The summed E-state index contributed by atoms with van der Waals surface area (Å²) in [5.74, 6) is 0.0861. The van der Waals surface area contributed by atoms with Crippen LogP contribution in [0.3, 0.4) is 0 Å². The van der Waals surface area contributed by atoms with Crippen molar-refractivity contribution >= 4 is 5.91 Å². The zero-order valence-corrected chi connectivity index (χ0v) is 17.3. The van der Waals surface area contributed by atoms with Crippen molar-refractivity contribution in [2.75, 3.05) is 39.4 Å². The Bertz CT molecular complexity index is 599. The lowest BCUT2D eigenvalue weighted by molar-refractivity contribution is -0.137. The fraction of sp³-hybridized carbons (Fsp3) is 0.682. The van der Waals surface area contributed by atoms with Crippen LogP contribution in [0, 0.1) is 0 Å². The molecule has 1 aromatic rings. The number of carbonyl (C=O) groups excluding carboxylic acids is 1. The Labute approximate surface area is 172 Å². The van der Waals surface area contributed by atoms with Crippen LogP contribution in [0.2, 0.25) is 0 Å². The lowest BCUT2D eigenvalue weighted by Crippen LogP contribution is -2.39. The molecule has 1 fully saturated rings. The normalized spacial score (nSPS) is 15.4. The van der Waals surface area contributed by atoms with E-state index in [1.54, 1.807) is 4.90 Å². The Balaban J connectivity index is 1.92. The summed E-state index contributed by atoms with van der Waals surface area (Å²) in [6, 6.07) is 5.13. The molecular formula is C22H33F3N2O2. The van der Waals surface area contributed by atoms with E-state index in [0.29, 0.717) is 19.5 Å². The summed E-state index contributed by atoms with van der Waals surface area (Å²) in [7, 11) is 0. The number of morpholine rings is 1. The third kappa shape index (κ3) is 8.74. The number of hydrogen-bond acceptors (Lipinski definition) is 3. The molecule has 0 unspecified atom stereocenters. The molecule has 0 aliphatic carbocycles. The predicted molar refractivity (Wildman–Crippen MR) is 107 cm³/mol. The molecule has 164 valence electrons. The van der Waals surface area contributed by atoms with Crippen molar-refractivity contribution in [3.8, 4) is 0 Å². The van der Waals surface area contributed by atoms with Gasteiger partial charge in [0.05, 0.1) is 18.8 Å². The summed E-state index contributed by atoms with van der Waals surface area (Å²) < 4.78 is 43.7. The van der Waals surface area contributed by atoms with Crippen molar-refractivity contribution in [1.29, 1.82) is 0 Å². The van der Waals surface area contributed by atoms with Crippen molar-refractivity contribution in [1.82, 2.24) is 9.80 Å². The maximum atomic E-state index is 12.8. The van der Waals surface area contributed by atoms with E-state index in [1.807, 2.05) is 0 Å². The molecular weight excluding hydrogens is 381 g/mol. The van der Waals surface area contributed by atoms with Gasteiger partial charge in [0.25, 0.3) is 0 Å². The van der Waals surface area contributed by atoms with E-state index in [9.17, 15) is 18.0 Å². The number of hydrogen-bond donors (Lipinski definition) is 0. The van der Waals surface area contributed by atoms with Crippen LogP contribution in [-0.2, 0) is 22.3 Å². The van der Waals surface area contributed by atoms with Gasteiger partial charge in [-0.25, -0.2) is 0 Å². The van der Waals surface area contributed by atoms with Gasteiger partial charge in [0.15, 0.2) is 0 Å². The van der Waals surface area contributed by atoms with E-state index in [2.05, 4.69) is 11.8 Å². The molecule has 1 saturated heterocycles. The molecule has 1 aromatic carbocycles. The minimum atomic E-state index is -4.34. The van der Waals surface area contributed by atoms with Gasteiger partial charge in [0.1, 0.15) is 0 Å². The Hall–Kier alpha value is -1.60. The predicted octanol–water partition coefficient (Wildman–Crippen LogP) is 4.73. The molecule has 7 heteroatoms. The average Bonchev–Trinajstić information content (AvgIpc) is 2.71. The number of ether oxygens (including phenoxy) is 1. The van der Waals surface area contributed by atoms with E-state index in [0.717, 1.165) is 82.6 Å². The topological polar surface area (TPSA) is 32.8 Å². The van der Waals surface area contributed by atoms with Crippen LogP contribution in [0.1, 0.15) is 56.6 Å². The quantitative estimate of drug-likeness (QED) is 0.491. The number of benzene rings is 1. The summed E-state index contributed by atoms with van der Waals surface area (Å²) in [5.41, 5.74) is 0.0669. The van der Waals surface area contributed by atoms with E-state index in [1.165, 1.54) is 12.1 Å². The van der Waals surface area contributed by atoms with Gasteiger partial charge in [-0.05, 0) is 30.5 Å². The highest BCUT2D eigenvalue weighted by Gasteiger charge is 2.30. The molecule has 0 saturated carbocycles. The summed E-state index contributed by atoms with van der Waals surface area (Å²) in [6.45, 7) is 7.30. The highest BCUT2D eigenvalue weighted by molar-refractivity contribution is 5.76. The molecule has 1 amide bonds. The van der Waals surface area contributed by atoms with Crippen molar-refractivity contribution in [2.24, 2.45) is 0 Å². The lowest BCUT2D eigenvalue weighted by atomic mass is 10.1. The van der Waals surface area contributed by atoms with Crippen LogP contribution in [0.25, 0.3) is 0 Å². The van der Waals surface area contributed by atoms with E-state index in [4.69, 9.17) is 4.74 Å². The number of unbranched alkanes of at least 4 members (excludes halogenated alkanes) is 3. The molecule has 0 bridgehead atoms. The van der Waals surface area contributed by atoms with Gasteiger partial charge in [0.2, 0.25) is 5.91 Å². The Kier molecular flexibility index (Phi) is 9.94. The average molecular weight is 415 g/mol. The van der Waals surface area contributed by atoms with Crippen molar-refractivity contribution < 1.29 is 22.7 Å². The molecule has 0 atom stereocenters. The Morgan fingerprint density at radius 3 is 2.38 bits per heavy atom. The third-order valence-corrected chi connectivity index (χ3v) is 5.26. The molecule has 1 heterocycles. The SMILES string of the molecule is CCCCCCC(=O)N(CCCN1CCOCC1)Cc1ccc(C(F)(F)F)cc1. The fourth-order valence-electron chi connectivity index (χ4n) is 3.48. The molecule has 0 N–H and O–H groups in total. The van der Waals surface area contributed by atoms with E-state index in [-0.39, 0.29) is 5.91 Å². The van der Waals surface area contributed by atoms with Crippen LogP contribution < -0.4 is 0 Å². The van der Waals surface area contributed by atoms with Crippen LogP contribution in [0.5, 0.6) is 0 Å². The van der Waals surface area contributed by atoms with Crippen LogP contribution >= 0.6 is 0 Å². The largest absolute Gasteiger partial charge is 0.416 e. The zero-order valence-electron chi connectivity index (χ0n) is 17.3. The van der Waals surface area contributed by atoms with E-state index < -0.39 is 11.7 Å². The monoisotopic (exact) mass is 414 g/mol. The zero-order chi connectivity index (χ0) is 21.1. The maximum Gasteiger partial charge on any atom is 0.416 e. The molecule has 0 radical (unpaired) electrons. The second-order valence-electron chi connectivity index (χ2n) is 7.63. The number of nitrogens with zero attached hydrogens (tertiary/aromatic N) is 2. The highest BCUT2D eigenvalue weighted by Crippen LogP contribution is 2.29. The first-order valence-corrected chi connectivity index (χ1v) is 10.6. The minimum absolute atomic E-state index is 0.0861. The number of alkyl halides is 3. The van der Waals surface area contributed by atoms with Gasteiger partial charge in [-0.3, -0.25) is 9.69 Å². The molecule has 1 aliphatic heterocycles. The second kappa shape index (κ2) is 12.2. The third-order valence-electron chi connectivity index (χ3n) is 5.26. The van der Waals surface area contributed by atoms with Gasteiger partial charge >= 0.3 is 6.18 Å². The first-order chi connectivity index (χ1) is 13.9. The fourth-order valence-corrected chi connectivity index (χ4v) is 3.48.